The average molecular weight is 564 g/mol. The highest BCUT2D eigenvalue weighted by Crippen LogP contribution is 2.37. The molecule has 9 heteroatoms. The number of hydrogen-bond acceptors (Lipinski definition) is 5. The van der Waals surface area contributed by atoms with E-state index in [0.717, 1.165) is 16.3 Å². The predicted molar refractivity (Wildman–Crippen MR) is 144 cm³/mol. The summed E-state index contributed by atoms with van der Waals surface area (Å²) in [6, 6.07) is 22.7. The maximum absolute atomic E-state index is 13.0. The van der Waals surface area contributed by atoms with Crippen molar-refractivity contribution >= 4 is 50.4 Å². The number of anilines is 1. The number of hydrazone groups is 1. The van der Waals surface area contributed by atoms with Crippen molar-refractivity contribution in [1.82, 2.24) is 5.43 Å². The van der Waals surface area contributed by atoms with Gasteiger partial charge in [0.1, 0.15) is 12.4 Å². The van der Waals surface area contributed by atoms with E-state index in [1.165, 1.54) is 30.5 Å². The highest BCUT2D eigenvalue weighted by molar-refractivity contribution is 9.10. The fraction of sp³-hybridized carbons (Fsp3) is 0.107. The summed E-state index contributed by atoms with van der Waals surface area (Å²) in [6.45, 7) is 2.62. The SMILES string of the molecule is CCOc1cc(/C=N/NC(=O)C(=O)Nc2ccc(F)cc2)cc(Br)c1OCc1cccc2ccccc12. The molecule has 188 valence electrons. The van der Waals surface area contributed by atoms with Gasteiger partial charge >= 0.3 is 11.8 Å². The van der Waals surface area contributed by atoms with Gasteiger partial charge in [0.2, 0.25) is 0 Å². The number of fused-ring (bicyclic) bond motifs is 1. The Morgan fingerprint density at radius 1 is 0.973 bits per heavy atom. The number of nitrogens with one attached hydrogen (secondary N) is 2. The lowest BCUT2D eigenvalue weighted by molar-refractivity contribution is -0.136. The lowest BCUT2D eigenvalue weighted by atomic mass is 10.1. The Morgan fingerprint density at radius 3 is 2.51 bits per heavy atom. The molecule has 0 fully saturated rings. The van der Waals surface area contributed by atoms with E-state index in [0.29, 0.717) is 34.7 Å². The third-order valence-electron chi connectivity index (χ3n) is 5.27. The molecule has 0 unspecified atom stereocenters. The van der Waals surface area contributed by atoms with Crippen molar-refractivity contribution in [2.75, 3.05) is 11.9 Å². The minimum absolute atomic E-state index is 0.287. The Kier molecular flexibility index (Phi) is 8.48. The van der Waals surface area contributed by atoms with E-state index >= 15 is 0 Å². The lowest BCUT2D eigenvalue weighted by Crippen LogP contribution is -2.32. The number of halogens is 2. The van der Waals surface area contributed by atoms with Crippen LogP contribution in [-0.4, -0.2) is 24.6 Å². The highest BCUT2D eigenvalue weighted by atomic mass is 79.9. The average Bonchev–Trinajstić information content (AvgIpc) is 2.89. The molecule has 0 aliphatic rings. The van der Waals surface area contributed by atoms with Crippen LogP contribution in [-0.2, 0) is 16.2 Å². The van der Waals surface area contributed by atoms with E-state index in [9.17, 15) is 14.0 Å². The zero-order valence-corrected chi connectivity index (χ0v) is 21.4. The Bertz CT molecular complexity index is 1450. The van der Waals surface area contributed by atoms with Gasteiger partial charge in [-0.2, -0.15) is 5.10 Å². The van der Waals surface area contributed by atoms with E-state index in [-0.39, 0.29) is 5.69 Å². The second-order valence-electron chi connectivity index (χ2n) is 7.85. The second kappa shape index (κ2) is 12.1. The Labute approximate surface area is 221 Å². The van der Waals surface area contributed by atoms with Gasteiger partial charge in [0.05, 0.1) is 17.3 Å². The lowest BCUT2D eigenvalue weighted by Gasteiger charge is -2.15. The van der Waals surface area contributed by atoms with Gasteiger partial charge in [-0.1, -0.05) is 42.5 Å². The molecule has 0 aliphatic carbocycles. The summed E-state index contributed by atoms with van der Waals surface area (Å²) in [4.78, 5) is 24.1. The van der Waals surface area contributed by atoms with Crippen LogP contribution in [0.2, 0.25) is 0 Å². The third kappa shape index (κ3) is 6.71. The quantitative estimate of drug-likeness (QED) is 0.161. The van der Waals surface area contributed by atoms with Crippen molar-refractivity contribution < 1.29 is 23.5 Å². The van der Waals surface area contributed by atoms with Gasteiger partial charge in [-0.15, -0.1) is 0 Å². The first-order valence-corrected chi connectivity index (χ1v) is 12.2. The Hall–Kier alpha value is -4.24. The summed E-state index contributed by atoms with van der Waals surface area (Å²) in [7, 11) is 0. The zero-order chi connectivity index (χ0) is 26.2. The zero-order valence-electron chi connectivity index (χ0n) is 19.8. The van der Waals surface area contributed by atoms with Crippen LogP contribution in [0, 0.1) is 5.82 Å². The highest BCUT2D eigenvalue weighted by Gasteiger charge is 2.15. The number of carbonyl (C=O) groups is 2. The van der Waals surface area contributed by atoms with Crippen molar-refractivity contribution in [3.8, 4) is 11.5 Å². The molecular weight excluding hydrogens is 541 g/mol. The number of carbonyl (C=O) groups excluding carboxylic acids is 2. The number of ether oxygens (including phenoxy) is 2. The van der Waals surface area contributed by atoms with Crippen LogP contribution in [0.25, 0.3) is 10.8 Å². The molecule has 0 bridgehead atoms. The predicted octanol–water partition coefficient (Wildman–Crippen LogP) is 5.81. The number of hydrogen-bond donors (Lipinski definition) is 2. The van der Waals surface area contributed by atoms with Crippen LogP contribution in [0.15, 0.2) is 88.4 Å². The molecule has 0 atom stereocenters. The van der Waals surface area contributed by atoms with Gasteiger partial charge in [-0.25, -0.2) is 9.82 Å². The van der Waals surface area contributed by atoms with Crippen molar-refractivity contribution in [3.63, 3.8) is 0 Å². The first kappa shape index (κ1) is 25.8. The molecule has 0 spiro atoms. The first-order valence-electron chi connectivity index (χ1n) is 11.4. The summed E-state index contributed by atoms with van der Waals surface area (Å²) in [5.41, 5.74) is 4.10. The van der Waals surface area contributed by atoms with Crippen molar-refractivity contribution in [1.29, 1.82) is 0 Å². The minimum atomic E-state index is -0.972. The van der Waals surface area contributed by atoms with E-state index in [2.05, 4.69) is 50.0 Å². The molecule has 4 rings (SSSR count). The smallest absolute Gasteiger partial charge is 0.329 e. The summed E-state index contributed by atoms with van der Waals surface area (Å²) >= 11 is 3.53. The third-order valence-corrected chi connectivity index (χ3v) is 5.86. The fourth-order valence-corrected chi connectivity index (χ4v) is 4.15. The molecule has 7 nitrogen and oxygen atoms in total. The van der Waals surface area contributed by atoms with Gasteiger partial charge in [-0.3, -0.25) is 9.59 Å². The molecule has 2 amide bonds. The number of amides is 2. The Balaban J connectivity index is 1.43. The largest absolute Gasteiger partial charge is 0.490 e. The summed E-state index contributed by atoms with van der Waals surface area (Å²) in [5.74, 6) is -1.32. The first-order chi connectivity index (χ1) is 17.9. The standard InChI is InChI=1S/C28H23BrFN3O4/c1-2-36-25-15-18(16-31-33-28(35)27(34)32-22-12-10-21(30)11-13-22)14-24(29)26(25)37-17-20-8-5-7-19-6-3-4-9-23(19)20/h3-16H,2,17H2,1H3,(H,32,34)(H,33,35)/b31-16+. The molecule has 0 heterocycles. The van der Waals surface area contributed by atoms with Crippen LogP contribution in [0.4, 0.5) is 10.1 Å². The van der Waals surface area contributed by atoms with Crippen LogP contribution < -0.4 is 20.2 Å². The van der Waals surface area contributed by atoms with Crippen LogP contribution in [0.1, 0.15) is 18.1 Å². The summed E-state index contributed by atoms with van der Waals surface area (Å²) in [5, 5.41) is 8.46. The molecule has 0 saturated heterocycles. The molecule has 0 aliphatic heterocycles. The molecule has 0 saturated carbocycles. The molecule has 0 aromatic heterocycles. The monoisotopic (exact) mass is 563 g/mol. The molecule has 4 aromatic carbocycles. The van der Waals surface area contributed by atoms with E-state index < -0.39 is 17.6 Å². The summed E-state index contributed by atoms with van der Waals surface area (Å²) in [6.07, 6.45) is 1.38. The van der Waals surface area contributed by atoms with Crippen LogP contribution in [0.3, 0.4) is 0 Å². The number of rotatable bonds is 8. The molecular formula is C28H23BrFN3O4. The van der Waals surface area contributed by atoms with E-state index in [1.54, 1.807) is 12.1 Å². The molecule has 2 N–H and O–H groups in total. The van der Waals surface area contributed by atoms with E-state index in [4.69, 9.17) is 9.47 Å². The van der Waals surface area contributed by atoms with E-state index in [1.807, 2.05) is 31.2 Å². The number of nitrogens with zero attached hydrogens (tertiary/aromatic N) is 1. The minimum Gasteiger partial charge on any atom is -0.490 e. The normalized spacial score (nSPS) is 10.9. The van der Waals surface area contributed by atoms with Crippen molar-refractivity contribution in [2.45, 2.75) is 13.5 Å². The van der Waals surface area contributed by atoms with Crippen molar-refractivity contribution in [2.24, 2.45) is 5.10 Å². The van der Waals surface area contributed by atoms with Crippen LogP contribution >= 0.6 is 15.9 Å². The van der Waals surface area contributed by atoms with Crippen molar-refractivity contribution in [3.05, 3.63) is 100 Å². The number of benzene rings is 4. The van der Waals surface area contributed by atoms with Gasteiger partial charge in [0.25, 0.3) is 0 Å². The second-order valence-corrected chi connectivity index (χ2v) is 8.70. The summed E-state index contributed by atoms with van der Waals surface area (Å²) < 4.78 is 25.6. The Morgan fingerprint density at radius 2 is 1.73 bits per heavy atom. The molecule has 0 radical (unpaired) electrons. The molecule has 37 heavy (non-hydrogen) atoms. The fourth-order valence-electron chi connectivity index (χ4n) is 3.57. The van der Waals surface area contributed by atoms with Crippen LogP contribution in [0.5, 0.6) is 11.5 Å². The topological polar surface area (TPSA) is 89.0 Å². The maximum atomic E-state index is 13.0. The van der Waals surface area contributed by atoms with Gasteiger partial charge < -0.3 is 14.8 Å². The maximum Gasteiger partial charge on any atom is 0.329 e. The van der Waals surface area contributed by atoms with Gasteiger partial charge in [-0.05, 0) is 81.2 Å². The molecule has 4 aromatic rings. The van der Waals surface area contributed by atoms with Gasteiger partial charge in [0, 0.05) is 5.69 Å². The van der Waals surface area contributed by atoms with Gasteiger partial charge in [0.15, 0.2) is 11.5 Å².